The molecule has 0 saturated carbocycles. The van der Waals surface area contributed by atoms with E-state index < -0.39 is 20.8 Å². The molecular weight excluding hydrogens is 294 g/mol. The second kappa shape index (κ2) is 6.10. The van der Waals surface area contributed by atoms with Gasteiger partial charge in [-0.05, 0) is 37.0 Å². The van der Waals surface area contributed by atoms with E-state index in [9.17, 15) is 0 Å². The molecule has 0 aromatic heterocycles. The third kappa shape index (κ3) is 3.22. The first-order valence-corrected chi connectivity index (χ1v) is 10.7. The molecule has 0 radical (unpaired) electrons. The zero-order chi connectivity index (χ0) is 10.6. The van der Waals surface area contributed by atoms with E-state index in [1.807, 2.05) is 0 Å². The standard InChI is InChI=1S/C11H12.2ClH.Zr/c1-8-3-5-10-6-4-9(2)11(10)7-8;;;/h3-5,7H,6H2,1-2H3;2*1H;/q;;;+2/p-2. The molecule has 0 heterocycles. The Morgan fingerprint density at radius 1 is 1.21 bits per heavy atom. The Bertz CT molecular complexity index is 345. The SMILES string of the molecule is CC1=CCc2ccc(C)cc21.[Cl][Zr][Cl]. The quantitative estimate of drug-likeness (QED) is 0.669. The Morgan fingerprint density at radius 2 is 1.86 bits per heavy atom. The molecule has 2 rings (SSSR count). The Hall–Kier alpha value is 0.423. The molecule has 74 valence electrons. The van der Waals surface area contributed by atoms with Gasteiger partial charge in [-0.1, -0.05) is 29.8 Å². The van der Waals surface area contributed by atoms with Gasteiger partial charge in [-0.2, -0.15) is 0 Å². The van der Waals surface area contributed by atoms with E-state index >= 15 is 0 Å². The molecule has 14 heavy (non-hydrogen) atoms. The van der Waals surface area contributed by atoms with Gasteiger partial charge in [0.25, 0.3) is 0 Å². The van der Waals surface area contributed by atoms with Crippen LogP contribution >= 0.6 is 17.0 Å². The van der Waals surface area contributed by atoms with Gasteiger partial charge < -0.3 is 0 Å². The first kappa shape index (κ1) is 12.5. The van der Waals surface area contributed by atoms with Gasteiger partial charge in [-0.15, -0.1) is 0 Å². The van der Waals surface area contributed by atoms with Crippen LogP contribution in [0.1, 0.15) is 23.6 Å². The number of rotatable bonds is 0. The summed E-state index contributed by atoms with van der Waals surface area (Å²) in [5.74, 6) is 0. The van der Waals surface area contributed by atoms with Crippen LogP contribution in [0, 0.1) is 6.92 Å². The molecular formula is C11H12Cl2Zr. The molecule has 0 amide bonds. The zero-order valence-electron chi connectivity index (χ0n) is 8.27. The number of hydrogen-bond acceptors (Lipinski definition) is 0. The van der Waals surface area contributed by atoms with Gasteiger partial charge in [0, 0.05) is 0 Å². The predicted octanol–water partition coefficient (Wildman–Crippen LogP) is 4.33. The van der Waals surface area contributed by atoms with Crippen molar-refractivity contribution in [3.8, 4) is 0 Å². The molecule has 0 saturated heterocycles. The fraction of sp³-hybridized carbons (Fsp3) is 0.273. The summed E-state index contributed by atoms with van der Waals surface area (Å²) in [7, 11) is 9.87. The van der Waals surface area contributed by atoms with Crippen LogP contribution in [0.5, 0.6) is 0 Å². The van der Waals surface area contributed by atoms with Gasteiger partial charge in [0.15, 0.2) is 0 Å². The van der Waals surface area contributed by atoms with E-state index in [4.69, 9.17) is 17.0 Å². The Morgan fingerprint density at radius 3 is 2.50 bits per heavy atom. The van der Waals surface area contributed by atoms with E-state index in [-0.39, 0.29) is 0 Å². The van der Waals surface area contributed by atoms with Crippen molar-refractivity contribution >= 4 is 22.6 Å². The Kier molecular flexibility index (Phi) is 5.45. The van der Waals surface area contributed by atoms with E-state index in [1.54, 1.807) is 0 Å². The monoisotopic (exact) mass is 304 g/mol. The topological polar surface area (TPSA) is 0 Å². The fourth-order valence-electron chi connectivity index (χ4n) is 1.61. The molecule has 0 spiro atoms. The Balaban J connectivity index is 0.000000293. The number of fused-ring (bicyclic) bond motifs is 1. The van der Waals surface area contributed by atoms with E-state index in [0.29, 0.717) is 0 Å². The molecule has 0 bridgehead atoms. The van der Waals surface area contributed by atoms with Crippen molar-refractivity contribution in [2.75, 3.05) is 0 Å². The predicted molar refractivity (Wildman–Crippen MR) is 60.2 cm³/mol. The van der Waals surface area contributed by atoms with Crippen LogP contribution in [0.25, 0.3) is 5.57 Å². The number of aryl methyl sites for hydroxylation is 1. The van der Waals surface area contributed by atoms with E-state index in [1.165, 1.54) is 22.3 Å². The number of allylic oxidation sites excluding steroid dienone is 2. The molecule has 1 aromatic carbocycles. The molecule has 0 unspecified atom stereocenters. The van der Waals surface area contributed by atoms with Crippen LogP contribution in [0.4, 0.5) is 0 Å². The van der Waals surface area contributed by atoms with Gasteiger partial charge in [0.1, 0.15) is 0 Å². The third-order valence-corrected chi connectivity index (χ3v) is 2.32. The minimum absolute atomic E-state index is 0.826. The first-order chi connectivity index (χ1) is 6.69. The molecule has 0 aliphatic heterocycles. The molecule has 3 heteroatoms. The van der Waals surface area contributed by atoms with E-state index in [2.05, 4.69) is 38.1 Å². The summed E-state index contributed by atoms with van der Waals surface area (Å²) >= 11 is -0.826. The number of hydrogen-bond donors (Lipinski definition) is 0. The summed E-state index contributed by atoms with van der Waals surface area (Å²) in [5, 5.41) is 0. The van der Waals surface area contributed by atoms with Crippen molar-refractivity contribution in [3.05, 3.63) is 41.0 Å². The number of benzene rings is 1. The van der Waals surface area contributed by atoms with Crippen LogP contribution in [0.2, 0.25) is 0 Å². The third-order valence-electron chi connectivity index (χ3n) is 2.32. The normalized spacial score (nSPS) is 12.4. The summed E-state index contributed by atoms with van der Waals surface area (Å²) in [5.41, 5.74) is 5.72. The first-order valence-electron chi connectivity index (χ1n) is 4.42. The number of halogens is 2. The van der Waals surface area contributed by atoms with Gasteiger partial charge in [-0.25, -0.2) is 0 Å². The summed E-state index contributed by atoms with van der Waals surface area (Å²) in [6.07, 6.45) is 3.42. The van der Waals surface area contributed by atoms with Crippen LogP contribution < -0.4 is 0 Å². The van der Waals surface area contributed by atoms with E-state index in [0.717, 1.165) is 6.42 Å². The van der Waals surface area contributed by atoms with Crippen LogP contribution in [0.15, 0.2) is 24.3 Å². The van der Waals surface area contributed by atoms with Gasteiger partial charge >= 0.3 is 37.9 Å². The molecule has 1 aliphatic rings. The fourth-order valence-corrected chi connectivity index (χ4v) is 1.61. The molecule has 0 fully saturated rings. The summed E-state index contributed by atoms with van der Waals surface area (Å²) < 4.78 is 0. The maximum atomic E-state index is 4.93. The second-order valence-electron chi connectivity index (χ2n) is 3.32. The van der Waals surface area contributed by atoms with Gasteiger partial charge in [0.2, 0.25) is 0 Å². The molecule has 0 nitrogen and oxygen atoms in total. The summed E-state index contributed by atoms with van der Waals surface area (Å²) in [6, 6.07) is 6.69. The Labute approximate surface area is 104 Å². The van der Waals surface area contributed by atoms with Crippen molar-refractivity contribution < 1.29 is 20.8 Å². The molecule has 1 aromatic rings. The van der Waals surface area contributed by atoms with Crippen LogP contribution in [-0.4, -0.2) is 0 Å². The average molecular weight is 306 g/mol. The van der Waals surface area contributed by atoms with Gasteiger partial charge in [-0.3, -0.25) is 0 Å². The second-order valence-corrected chi connectivity index (χ2v) is 7.06. The molecule has 0 atom stereocenters. The maximum absolute atomic E-state index is 4.93. The van der Waals surface area contributed by atoms with Crippen molar-refractivity contribution in [2.24, 2.45) is 0 Å². The molecule has 0 N–H and O–H groups in total. The van der Waals surface area contributed by atoms with Crippen LogP contribution in [-0.2, 0) is 27.3 Å². The minimum atomic E-state index is -0.826. The van der Waals surface area contributed by atoms with Crippen molar-refractivity contribution in [1.82, 2.24) is 0 Å². The van der Waals surface area contributed by atoms with Crippen molar-refractivity contribution in [1.29, 1.82) is 0 Å². The van der Waals surface area contributed by atoms with Crippen molar-refractivity contribution in [2.45, 2.75) is 20.3 Å². The van der Waals surface area contributed by atoms with Gasteiger partial charge in [0.05, 0.1) is 0 Å². The zero-order valence-corrected chi connectivity index (χ0v) is 12.2. The van der Waals surface area contributed by atoms with Crippen molar-refractivity contribution in [3.63, 3.8) is 0 Å². The molecule has 1 aliphatic carbocycles. The van der Waals surface area contributed by atoms with Crippen LogP contribution in [0.3, 0.4) is 0 Å². The summed E-state index contributed by atoms with van der Waals surface area (Å²) in [6.45, 7) is 4.33. The average Bonchev–Trinajstić information content (AvgIpc) is 2.49. The summed E-state index contributed by atoms with van der Waals surface area (Å²) in [4.78, 5) is 0.